The molecule has 4 amide bonds. The maximum absolute atomic E-state index is 13.6. The molecule has 2 aliphatic heterocycles. The Morgan fingerprint density at radius 1 is 0.974 bits per heavy atom. The Bertz CT molecular complexity index is 1090. The van der Waals surface area contributed by atoms with E-state index in [0.717, 1.165) is 4.90 Å². The SMILES string of the molecule is O=C(CCCN1C(=O)NC(c2ccccc2)(c2ccccc2)C1=O)NCCO[C@H]1O[C@H](CO)[C@H](O)[C@H](O)[C@H]1O. The molecule has 0 spiro atoms. The van der Waals surface area contributed by atoms with Gasteiger partial charge in [-0.25, -0.2) is 4.79 Å². The third kappa shape index (κ3) is 5.96. The van der Waals surface area contributed by atoms with Gasteiger partial charge < -0.3 is 40.5 Å². The summed E-state index contributed by atoms with van der Waals surface area (Å²) in [6.45, 7) is -0.544. The van der Waals surface area contributed by atoms with Crippen molar-refractivity contribution in [1.29, 1.82) is 0 Å². The van der Waals surface area contributed by atoms with Gasteiger partial charge in [0.05, 0.1) is 13.2 Å². The Morgan fingerprint density at radius 2 is 1.59 bits per heavy atom. The van der Waals surface area contributed by atoms with Gasteiger partial charge in [0.2, 0.25) is 5.91 Å². The van der Waals surface area contributed by atoms with E-state index in [1.54, 1.807) is 48.5 Å². The fraction of sp³-hybridized carbons (Fsp3) is 0.444. The highest BCUT2D eigenvalue weighted by atomic mass is 16.7. The van der Waals surface area contributed by atoms with Crippen LogP contribution in [-0.2, 0) is 24.6 Å². The van der Waals surface area contributed by atoms with Gasteiger partial charge >= 0.3 is 6.03 Å². The van der Waals surface area contributed by atoms with Crippen molar-refractivity contribution in [2.45, 2.75) is 49.1 Å². The van der Waals surface area contributed by atoms with Gasteiger partial charge in [-0.15, -0.1) is 0 Å². The van der Waals surface area contributed by atoms with E-state index in [0.29, 0.717) is 11.1 Å². The lowest BCUT2D eigenvalue weighted by Gasteiger charge is -2.39. The summed E-state index contributed by atoms with van der Waals surface area (Å²) in [5, 5.41) is 44.3. The van der Waals surface area contributed by atoms with Gasteiger partial charge in [0.15, 0.2) is 11.8 Å². The average molecular weight is 544 g/mol. The number of hydrogen-bond donors (Lipinski definition) is 6. The average Bonchev–Trinajstić information content (AvgIpc) is 3.22. The summed E-state index contributed by atoms with van der Waals surface area (Å²) in [7, 11) is 0. The molecule has 210 valence electrons. The van der Waals surface area contributed by atoms with Gasteiger partial charge in [-0.05, 0) is 17.5 Å². The molecule has 2 heterocycles. The van der Waals surface area contributed by atoms with Crippen LogP contribution in [0, 0.1) is 0 Å². The molecule has 0 aromatic heterocycles. The van der Waals surface area contributed by atoms with Gasteiger partial charge in [0.1, 0.15) is 24.4 Å². The number of imide groups is 1. The molecule has 4 rings (SSSR count). The van der Waals surface area contributed by atoms with E-state index in [4.69, 9.17) is 9.47 Å². The van der Waals surface area contributed by atoms with Gasteiger partial charge in [-0.3, -0.25) is 14.5 Å². The number of hydrogen-bond acceptors (Lipinski definition) is 9. The molecule has 2 fully saturated rings. The second-order valence-electron chi connectivity index (χ2n) is 9.39. The molecule has 12 heteroatoms. The highest BCUT2D eigenvalue weighted by Gasteiger charge is 2.53. The number of urea groups is 1. The minimum Gasteiger partial charge on any atom is -0.394 e. The Balaban J connectivity index is 1.27. The van der Waals surface area contributed by atoms with Crippen molar-refractivity contribution in [3.8, 4) is 0 Å². The highest BCUT2D eigenvalue weighted by Crippen LogP contribution is 2.36. The van der Waals surface area contributed by atoms with Crippen LogP contribution in [0.4, 0.5) is 4.79 Å². The molecular formula is C27H33N3O9. The number of rotatable bonds is 11. The van der Waals surface area contributed by atoms with Crippen LogP contribution in [0.1, 0.15) is 24.0 Å². The Kier molecular flexibility index (Phi) is 9.28. The third-order valence-electron chi connectivity index (χ3n) is 6.86. The zero-order valence-electron chi connectivity index (χ0n) is 21.2. The largest absolute Gasteiger partial charge is 0.394 e. The molecule has 0 saturated carbocycles. The number of nitrogens with zero attached hydrogens (tertiary/aromatic N) is 1. The summed E-state index contributed by atoms with van der Waals surface area (Å²) < 4.78 is 10.6. The molecule has 2 aromatic carbocycles. The minimum absolute atomic E-state index is 0.0424. The fourth-order valence-corrected chi connectivity index (χ4v) is 4.77. The van der Waals surface area contributed by atoms with Crippen LogP contribution in [0.5, 0.6) is 0 Å². The molecule has 0 unspecified atom stereocenters. The summed E-state index contributed by atoms with van der Waals surface area (Å²) in [6.07, 6.45) is -6.66. The first-order chi connectivity index (χ1) is 18.8. The van der Waals surface area contributed by atoms with E-state index in [1.165, 1.54) is 0 Å². The smallest absolute Gasteiger partial charge is 0.325 e. The van der Waals surface area contributed by atoms with E-state index < -0.39 is 54.8 Å². The standard InChI is InChI=1S/C27H33N3O9/c31-16-19-21(33)22(34)23(35)24(39-19)38-15-13-28-20(32)12-7-14-30-25(36)27(29-26(30)37,17-8-3-1-4-9-17)18-10-5-2-6-11-18/h1-6,8-11,19,21-24,31,33-35H,7,12-16H2,(H,28,32)(H,29,37)/t19-,21+,22+,23-,24+/m1/s1. The molecule has 2 saturated heterocycles. The second kappa shape index (κ2) is 12.6. The quantitative estimate of drug-likeness (QED) is 0.156. The molecule has 0 bridgehead atoms. The normalized spacial score (nSPS) is 26.4. The van der Waals surface area contributed by atoms with Crippen molar-refractivity contribution >= 4 is 17.8 Å². The van der Waals surface area contributed by atoms with Crippen molar-refractivity contribution < 1.29 is 44.3 Å². The molecule has 0 aliphatic carbocycles. The summed E-state index contributed by atoms with van der Waals surface area (Å²) in [4.78, 5) is 40.0. The zero-order chi connectivity index (χ0) is 28.0. The van der Waals surface area contributed by atoms with E-state index in [1.807, 2.05) is 12.1 Å². The van der Waals surface area contributed by atoms with Crippen molar-refractivity contribution in [3.05, 3.63) is 71.8 Å². The Morgan fingerprint density at radius 3 is 2.18 bits per heavy atom. The molecular weight excluding hydrogens is 510 g/mol. The predicted molar refractivity (Wildman–Crippen MR) is 136 cm³/mol. The molecule has 39 heavy (non-hydrogen) atoms. The summed E-state index contributed by atoms with van der Waals surface area (Å²) in [6, 6.07) is 17.5. The Labute approximate surface area is 225 Å². The van der Waals surface area contributed by atoms with Gasteiger partial charge in [0, 0.05) is 19.5 Å². The van der Waals surface area contributed by atoms with Crippen LogP contribution >= 0.6 is 0 Å². The number of ether oxygens (including phenoxy) is 2. The van der Waals surface area contributed by atoms with Crippen molar-refractivity contribution in [2.24, 2.45) is 0 Å². The summed E-state index contributed by atoms with van der Waals surface area (Å²) >= 11 is 0. The van der Waals surface area contributed by atoms with Crippen molar-refractivity contribution in [3.63, 3.8) is 0 Å². The van der Waals surface area contributed by atoms with Crippen LogP contribution < -0.4 is 10.6 Å². The molecule has 2 aromatic rings. The molecule has 6 N–H and O–H groups in total. The summed E-state index contributed by atoms with van der Waals surface area (Å²) in [5.74, 6) is -0.755. The number of amides is 4. The third-order valence-corrected chi connectivity index (χ3v) is 6.86. The first-order valence-corrected chi connectivity index (χ1v) is 12.7. The topological polar surface area (TPSA) is 178 Å². The van der Waals surface area contributed by atoms with Crippen molar-refractivity contribution in [1.82, 2.24) is 15.5 Å². The number of benzene rings is 2. The monoisotopic (exact) mass is 543 g/mol. The van der Waals surface area contributed by atoms with Crippen LogP contribution in [0.2, 0.25) is 0 Å². The van der Waals surface area contributed by atoms with Crippen LogP contribution in [0.15, 0.2) is 60.7 Å². The van der Waals surface area contributed by atoms with Gasteiger partial charge in [-0.2, -0.15) is 0 Å². The first kappa shape index (κ1) is 28.6. The highest BCUT2D eigenvalue weighted by molar-refractivity contribution is 6.09. The lowest BCUT2D eigenvalue weighted by molar-refractivity contribution is -0.300. The minimum atomic E-state index is -1.55. The molecule has 0 radical (unpaired) electrons. The summed E-state index contributed by atoms with van der Waals surface area (Å²) in [5.41, 5.74) is -0.0905. The number of nitrogens with one attached hydrogen (secondary N) is 2. The number of aliphatic hydroxyl groups is 4. The maximum atomic E-state index is 13.6. The number of carbonyl (C=O) groups is 3. The lowest BCUT2D eigenvalue weighted by Crippen LogP contribution is -2.59. The lowest BCUT2D eigenvalue weighted by atomic mass is 9.82. The number of carbonyl (C=O) groups excluding carboxylic acids is 3. The fourth-order valence-electron chi connectivity index (χ4n) is 4.77. The van der Waals surface area contributed by atoms with E-state index in [9.17, 15) is 34.8 Å². The maximum Gasteiger partial charge on any atom is 0.325 e. The predicted octanol–water partition coefficient (Wildman–Crippen LogP) is -0.805. The molecule has 5 atom stereocenters. The van der Waals surface area contributed by atoms with Gasteiger partial charge in [-0.1, -0.05) is 60.7 Å². The van der Waals surface area contributed by atoms with Crippen LogP contribution in [-0.4, -0.2) is 100 Å². The van der Waals surface area contributed by atoms with Gasteiger partial charge in [0.25, 0.3) is 5.91 Å². The van der Waals surface area contributed by atoms with E-state index in [-0.39, 0.29) is 38.4 Å². The zero-order valence-corrected chi connectivity index (χ0v) is 21.2. The number of aliphatic hydroxyl groups excluding tert-OH is 4. The Hall–Kier alpha value is -3.39. The van der Waals surface area contributed by atoms with Crippen LogP contribution in [0.3, 0.4) is 0 Å². The van der Waals surface area contributed by atoms with Crippen molar-refractivity contribution in [2.75, 3.05) is 26.3 Å². The van der Waals surface area contributed by atoms with Crippen LogP contribution in [0.25, 0.3) is 0 Å². The first-order valence-electron chi connectivity index (χ1n) is 12.7. The second-order valence-corrected chi connectivity index (χ2v) is 9.39. The molecule has 2 aliphatic rings. The van der Waals surface area contributed by atoms with E-state index in [2.05, 4.69) is 10.6 Å². The van der Waals surface area contributed by atoms with E-state index >= 15 is 0 Å². The molecule has 12 nitrogen and oxygen atoms in total.